The van der Waals surface area contributed by atoms with E-state index in [0.29, 0.717) is 17.0 Å². The molecular weight excluding hydrogens is 348 g/mol. The highest BCUT2D eigenvalue weighted by atomic mass is 16.5. The highest BCUT2D eigenvalue weighted by molar-refractivity contribution is 5.99. The van der Waals surface area contributed by atoms with Crippen molar-refractivity contribution in [2.75, 3.05) is 19.0 Å². The summed E-state index contributed by atoms with van der Waals surface area (Å²) in [5.41, 5.74) is 1.17. The fourth-order valence-electron chi connectivity index (χ4n) is 2.16. The molecule has 140 valence electrons. The fourth-order valence-corrected chi connectivity index (χ4v) is 2.16. The largest absolute Gasteiger partial charge is 0.497 e. The summed E-state index contributed by atoms with van der Waals surface area (Å²) in [6.07, 6.45) is 1.48. The van der Waals surface area contributed by atoms with Crippen molar-refractivity contribution in [3.8, 4) is 5.75 Å². The van der Waals surface area contributed by atoms with E-state index in [1.54, 1.807) is 48.5 Å². The van der Waals surface area contributed by atoms with Gasteiger partial charge in [-0.2, -0.15) is 0 Å². The lowest BCUT2D eigenvalue weighted by Gasteiger charge is -2.10. The molecule has 7 heteroatoms. The molecule has 0 radical (unpaired) electrons. The van der Waals surface area contributed by atoms with Crippen LogP contribution in [0.25, 0.3) is 6.08 Å². The number of anilines is 1. The molecule has 0 aliphatic heterocycles. The van der Waals surface area contributed by atoms with Crippen LogP contribution >= 0.6 is 0 Å². The maximum atomic E-state index is 12.2. The van der Waals surface area contributed by atoms with E-state index in [1.807, 2.05) is 6.07 Å². The van der Waals surface area contributed by atoms with Crippen molar-refractivity contribution in [1.29, 1.82) is 0 Å². The third kappa shape index (κ3) is 6.66. The number of hydrogen-bond acceptors (Lipinski definition) is 5. The van der Waals surface area contributed by atoms with E-state index in [0.717, 1.165) is 0 Å². The van der Waals surface area contributed by atoms with Gasteiger partial charge in [0.05, 0.1) is 7.11 Å². The molecule has 0 aromatic heterocycles. The van der Waals surface area contributed by atoms with Crippen LogP contribution in [0.5, 0.6) is 5.75 Å². The van der Waals surface area contributed by atoms with E-state index in [4.69, 9.17) is 9.47 Å². The molecule has 0 bridgehead atoms. The number of esters is 1. The van der Waals surface area contributed by atoms with Gasteiger partial charge in [-0.05, 0) is 23.8 Å². The van der Waals surface area contributed by atoms with Gasteiger partial charge >= 0.3 is 5.97 Å². The zero-order chi connectivity index (χ0) is 19.6. The van der Waals surface area contributed by atoms with Crippen LogP contribution in [0.4, 0.5) is 5.69 Å². The second kappa shape index (κ2) is 9.76. The van der Waals surface area contributed by atoms with Crippen molar-refractivity contribution in [1.82, 2.24) is 5.32 Å². The first-order valence-electron chi connectivity index (χ1n) is 8.13. The van der Waals surface area contributed by atoms with Gasteiger partial charge in [0.25, 0.3) is 5.91 Å². The predicted molar refractivity (Wildman–Crippen MR) is 101 cm³/mol. The number of carbonyl (C=O) groups excluding carboxylic acids is 3. The van der Waals surface area contributed by atoms with E-state index in [1.165, 1.54) is 20.1 Å². The van der Waals surface area contributed by atoms with Crippen molar-refractivity contribution in [3.63, 3.8) is 0 Å². The molecule has 0 spiro atoms. The summed E-state index contributed by atoms with van der Waals surface area (Å²) in [5, 5.41) is 5.01. The number of ether oxygens (including phenoxy) is 2. The normalized spacial score (nSPS) is 10.7. The molecule has 2 rings (SSSR count). The Labute approximate surface area is 157 Å². The average Bonchev–Trinajstić information content (AvgIpc) is 2.66. The minimum atomic E-state index is -0.810. The number of benzene rings is 2. The SMILES string of the molecule is COc1cccc(NC(=O)COC(=O)/C(=C\c2ccccc2)NC(C)=O)c1. The topological polar surface area (TPSA) is 93.7 Å². The minimum absolute atomic E-state index is 0.0529. The number of methoxy groups -OCH3 is 1. The number of nitrogens with one attached hydrogen (secondary N) is 2. The van der Waals surface area contributed by atoms with Crippen LogP contribution in [-0.2, 0) is 19.1 Å². The number of carbonyl (C=O) groups is 3. The van der Waals surface area contributed by atoms with Gasteiger partial charge in [-0.1, -0.05) is 36.4 Å². The first-order valence-corrected chi connectivity index (χ1v) is 8.13. The Bertz CT molecular complexity index is 846. The Morgan fingerprint density at radius 2 is 1.78 bits per heavy atom. The second-order valence-electron chi connectivity index (χ2n) is 5.51. The van der Waals surface area contributed by atoms with Crippen LogP contribution in [0.2, 0.25) is 0 Å². The van der Waals surface area contributed by atoms with Crippen molar-refractivity contribution in [2.45, 2.75) is 6.92 Å². The minimum Gasteiger partial charge on any atom is -0.497 e. The lowest BCUT2D eigenvalue weighted by molar-refractivity contribution is -0.144. The Balaban J connectivity index is 1.99. The molecule has 0 atom stereocenters. The van der Waals surface area contributed by atoms with E-state index in [2.05, 4.69) is 10.6 Å². The van der Waals surface area contributed by atoms with Crippen LogP contribution < -0.4 is 15.4 Å². The Hall–Kier alpha value is -3.61. The third-order valence-electron chi connectivity index (χ3n) is 3.33. The van der Waals surface area contributed by atoms with Gasteiger partial charge in [0.1, 0.15) is 11.4 Å². The summed E-state index contributed by atoms with van der Waals surface area (Å²) in [7, 11) is 1.52. The van der Waals surface area contributed by atoms with E-state index >= 15 is 0 Å². The lowest BCUT2D eigenvalue weighted by Crippen LogP contribution is -2.28. The van der Waals surface area contributed by atoms with Gasteiger partial charge in [0.2, 0.25) is 5.91 Å². The standard InChI is InChI=1S/C20H20N2O5/c1-14(23)21-18(11-15-7-4-3-5-8-15)20(25)27-13-19(24)22-16-9-6-10-17(12-16)26-2/h3-12H,13H2,1-2H3,(H,21,23)(H,22,24)/b18-11+. The molecule has 2 aromatic rings. The van der Waals surface area contributed by atoms with Gasteiger partial charge in [0.15, 0.2) is 6.61 Å². The highest BCUT2D eigenvalue weighted by Crippen LogP contribution is 2.16. The summed E-state index contributed by atoms with van der Waals surface area (Å²) in [5.74, 6) is -1.16. The van der Waals surface area contributed by atoms with Crippen LogP contribution in [0.1, 0.15) is 12.5 Å². The molecule has 0 heterocycles. The molecule has 0 aliphatic carbocycles. The predicted octanol–water partition coefficient (Wildman–Crippen LogP) is 2.35. The Morgan fingerprint density at radius 1 is 1.04 bits per heavy atom. The summed E-state index contributed by atoms with van der Waals surface area (Å²) < 4.78 is 10.1. The van der Waals surface area contributed by atoms with Crippen molar-refractivity contribution < 1.29 is 23.9 Å². The van der Waals surface area contributed by atoms with Crippen LogP contribution in [0, 0.1) is 0 Å². The van der Waals surface area contributed by atoms with Gasteiger partial charge in [-0.25, -0.2) is 4.79 Å². The van der Waals surface area contributed by atoms with E-state index < -0.39 is 24.4 Å². The monoisotopic (exact) mass is 368 g/mol. The van der Waals surface area contributed by atoms with Gasteiger partial charge in [0, 0.05) is 18.7 Å². The average molecular weight is 368 g/mol. The number of amides is 2. The zero-order valence-electron chi connectivity index (χ0n) is 15.0. The Kier molecular flexibility index (Phi) is 7.13. The molecule has 0 unspecified atom stereocenters. The number of rotatable bonds is 7. The van der Waals surface area contributed by atoms with Crippen molar-refractivity contribution in [2.24, 2.45) is 0 Å². The van der Waals surface area contributed by atoms with Crippen LogP contribution in [0.15, 0.2) is 60.3 Å². The molecule has 0 saturated carbocycles. The molecule has 2 amide bonds. The van der Waals surface area contributed by atoms with E-state index in [9.17, 15) is 14.4 Å². The molecule has 2 N–H and O–H groups in total. The molecule has 0 aliphatic rings. The molecule has 2 aromatic carbocycles. The van der Waals surface area contributed by atoms with E-state index in [-0.39, 0.29) is 5.70 Å². The maximum Gasteiger partial charge on any atom is 0.355 e. The molecule has 7 nitrogen and oxygen atoms in total. The highest BCUT2D eigenvalue weighted by Gasteiger charge is 2.15. The van der Waals surface area contributed by atoms with Crippen LogP contribution in [0.3, 0.4) is 0 Å². The zero-order valence-corrected chi connectivity index (χ0v) is 15.0. The number of hydrogen-bond donors (Lipinski definition) is 2. The third-order valence-corrected chi connectivity index (χ3v) is 3.33. The maximum absolute atomic E-state index is 12.2. The fraction of sp³-hybridized carbons (Fsp3) is 0.150. The first-order chi connectivity index (χ1) is 13.0. The van der Waals surface area contributed by atoms with Gasteiger partial charge in [-0.3, -0.25) is 9.59 Å². The molecule has 0 fully saturated rings. The molecule has 0 saturated heterocycles. The lowest BCUT2D eigenvalue weighted by atomic mass is 10.2. The van der Waals surface area contributed by atoms with Crippen LogP contribution in [-0.4, -0.2) is 31.5 Å². The van der Waals surface area contributed by atoms with Gasteiger partial charge in [-0.15, -0.1) is 0 Å². The summed E-state index contributed by atoms with van der Waals surface area (Å²) >= 11 is 0. The summed E-state index contributed by atoms with van der Waals surface area (Å²) in [4.78, 5) is 35.6. The Morgan fingerprint density at radius 3 is 2.44 bits per heavy atom. The van der Waals surface area contributed by atoms with Gasteiger partial charge < -0.3 is 20.1 Å². The summed E-state index contributed by atoms with van der Waals surface area (Å²) in [6, 6.07) is 15.7. The van der Waals surface area contributed by atoms with Crippen molar-refractivity contribution >= 4 is 29.5 Å². The quantitative estimate of drug-likeness (QED) is 0.578. The molecular formula is C20H20N2O5. The summed E-state index contributed by atoms with van der Waals surface area (Å²) in [6.45, 7) is 0.781. The first kappa shape index (κ1) is 19.7. The smallest absolute Gasteiger partial charge is 0.355 e. The second-order valence-corrected chi connectivity index (χ2v) is 5.51. The molecule has 27 heavy (non-hydrogen) atoms. The van der Waals surface area contributed by atoms with Crippen molar-refractivity contribution in [3.05, 3.63) is 65.9 Å².